The van der Waals surface area contributed by atoms with Crippen LogP contribution in [0.2, 0.25) is 0 Å². The Morgan fingerprint density at radius 1 is 0.968 bits per heavy atom. The highest BCUT2D eigenvalue weighted by atomic mass is 16.2. The van der Waals surface area contributed by atoms with Gasteiger partial charge in [0.1, 0.15) is 5.69 Å². The number of aromatic nitrogens is 3. The van der Waals surface area contributed by atoms with Gasteiger partial charge in [-0.3, -0.25) is 4.79 Å². The van der Waals surface area contributed by atoms with Gasteiger partial charge in [-0.05, 0) is 39.0 Å². The average molecular weight is 415 g/mol. The number of anilines is 1. The number of hydrogen-bond donors (Lipinski definition) is 1. The van der Waals surface area contributed by atoms with Crippen LogP contribution in [-0.4, -0.2) is 20.7 Å². The van der Waals surface area contributed by atoms with Crippen LogP contribution in [0.4, 0.5) is 5.69 Å². The zero-order valence-electron chi connectivity index (χ0n) is 18.9. The van der Waals surface area contributed by atoms with E-state index in [0.29, 0.717) is 5.69 Å². The Labute approximate surface area is 184 Å². The molecule has 5 heteroatoms. The predicted molar refractivity (Wildman–Crippen MR) is 132 cm³/mol. The lowest BCUT2D eigenvalue weighted by molar-refractivity contribution is 0.102. The molecule has 0 fully saturated rings. The summed E-state index contributed by atoms with van der Waals surface area (Å²) < 4.78 is 1.64. The number of amides is 1. The first kappa shape index (κ1) is 23.5. The molecule has 0 saturated carbocycles. The van der Waals surface area contributed by atoms with Gasteiger partial charge < -0.3 is 5.32 Å². The van der Waals surface area contributed by atoms with E-state index in [1.54, 1.807) is 23.0 Å². The van der Waals surface area contributed by atoms with Gasteiger partial charge in [0.2, 0.25) is 0 Å². The summed E-state index contributed by atoms with van der Waals surface area (Å²) in [6.07, 6.45) is 5.30. The molecule has 0 aliphatic carbocycles. The fraction of sp³-hybridized carbons (Fsp3) is 0.192. The standard InChI is InChI=1S/C21H18N4O.C3H6.C2H6/c1-3-14(2)25-19(12-13-22-25)21(26)24-20-15-8-4-6-10-17(15)23-18-11-7-5-9-16(18)20;1-3-2;1-2/h3-13H,1-2H3,(H,23,24,26);3H,1H2,2H3;1-2H3/b14-3+;;. The van der Waals surface area contributed by atoms with Crippen LogP contribution < -0.4 is 5.32 Å². The van der Waals surface area contributed by atoms with Crippen LogP contribution >= 0.6 is 0 Å². The van der Waals surface area contributed by atoms with Crippen LogP contribution in [-0.2, 0) is 0 Å². The quantitative estimate of drug-likeness (QED) is 0.292. The molecule has 1 N–H and O–H groups in total. The Bertz CT molecular complexity index is 1150. The van der Waals surface area contributed by atoms with Crippen molar-refractivity contribution in [2.45, 2.75) is 34.6 Å². The SMILES string of the molecule is C/C=C(\C)n1nccc1C(=O)Nc1c2ccccc2nc2ccccc12.C=CC.CC. The second kappa shape index (κ2) is 11.5. The number of nitrogens with one attached hydrogen (secondary N) is 1. The van der Waals surface area contributed by atoms with Crippen molar-refractivity contribution in [3.05, 3.63) is 85.2 Å². The van der Waals surface area contributed by atoms with E-state index >= 15 is 0 Å². The van der Waals surface area contributed by atoms with E-state index in [0.717, 1.165) is 33.2 Å². The maximum atomic E-state index is 13.0. The molecule has 0 bridgehead atoms. The van der Waals surface area contributed by atoms with Crippen molar-refractivity contribution in [2.75, 3.05) is 5.32 Å². The summed E-state index contributed by atoms with van der Waals surface area (Å²) in [5, 5.41) is 9.15. The number of pyridine rings is 1. The molecule has 4 rings (SSSR count). The summed E-state index contributed by atoms with van der Waals surface area (Å²) in [5.74, 6) is -0.204. The van der Waals surface area contributed by atoms with Crippen LogP contribution in [0.3, 0.4) is 0 Å². The largest absolute Gasteiger partial charge is 0.319 e. The summed E-state index contributed by atoms with van der Waals surface area (Å²) in [4.78, 5) is 17.7. The first-order chi connectivity index (χ1) is 15.1. The number of benzene rings is 2. The molecule has 0 aliphatic rings. The number of carbonyl (C=O) groups excluding carboxylic acids is 1. The third-order valence-corrected chi connectivity index (χ3v) is 4.45. The molecule has 0 atom stereocenters. The van der Waals surface area contributed by atoms with E-state index in [2.05, 4.69) is 22.0 Å². The molecule has 4 aromatic rings. The van der Waals surface area contributed by atoms with Gasteiger partial charge in [0.25, 0.3) is 5.91 Å². The molecule has 1 amide bonds. The predicted octanol–water partition coefficient (Wildman–Crippen LogP) is 6.94. The van der Waals surface area contributed by atoms with Gasteiger partial charge in [0.15, 0.2) is 0 Å². The van der Waals surface area contributed by atoms with Gasteiger partial charge in [-0.25, -0.2) is 9.67 Å². The van der Waals surface area contributed by atoms with Gasteiger partial charge >= 0.3 is 0 Å². The van der Waals surface area contributed by atoms with Crippen LogP contribution in [0.1, 0.15) is 45.1 Å². The van der Waals surface area contributed by atoms with Gasteiger partial charge in [-0.15, -0.1) is 6.58 Å². The van der Waals surface area contributed by atoms with Gasteiger partial charge in [0, 0.05) is 16.5 Å². The molecule has 0 unspecified atom stereocenters. The molecule has 2 aromatic carbocycles. The number of allylic oxidation sites excluding steroid dienone is 3. The van der Waals surface area contributed by atoms with Crippen molar-refractivity contribution in [3.8, 4) is 0 Å². The number of fused-ring (bicyclic) bond motifs is 2. The summed E-state index contributed by atoms with van der Waals surface area (Å²) in [6, 6.07) is 17.3. The van der Waals surface area contributed by atoms with Crippen LogP contribution in [0.25, 0.3) is 27.5 Å². The van der Waals surface area contributed by atoms with E-state index in [9.17, 15) is 4.79 Å². The first-order valence-corrected chi connectivity index (χ1v) is 10.4. The first-order valence-electron chi connectivity index (χ1n) is 10.4. The molecular formula is C26H30N4O. The lowest BCUT2D eigenvalue weighted by atomic mass is 10.1. The Morgan fingerprint density at radius 2 is 1.48 bits per heavy atom. The van der Waals surface area contributed by atoms with Gasteiger partial charge in [-0.2, -0.15) is 5.10 Å². The fourth-order valence-electron chi connectivity index (χ4n) is 3.03. The van der Waals surface area contributed by atoms with E-state index in [1.165, 1.54) is 0 Å². The maximum absolute atomic E-state index is 13.0. The Morgan fingerprint density at radius 3 is 2.00 bits per heavy atom. The second-order valence-electron chi connectivity index (χ2n) is 6.44. The van der Waals surface area contributed by atoms with Gasteiger partial charge in [-0.1, -0.05) is 62.4 Å². The molecule has 2 heterocycles. The molecule has 5 nitrogen and oxygen atoms in total. The van der Waals surface area contributed by atoms with E-state index in [4.69, 9.17) is 0 Å². The Hall–Kier alpha value is -3.73. The zero-order chi connectivity index (χ0) is 22.8. The van der Waals surface area contributed by atoms with Crippen LogP contribution in [0.5, 0.6) is 0 Å². The zero-order valence-corrected chi connectivity index (χ0v) is 18.9. The summed E-state index contributed by atoms with van der Waals surface area (Å²) >= 11 is 0. The molecular weight excluding hydrogens is 384 g/mol. The molecule has 0 spiro atoms. The topological polar surface area (TPSA) is 59.8 Å². The lowest BCUT2D eigenvalue weighted by Gasteiger charge is -2.13. The molecule has 0 radical (unpaired) electrons. The molecule has 160 valence electrons. The normalized spacial score (nSPS) is 10.5. The van der Waals surface area contributed by atoms with Crippen molar-refractivity contribution >= 4 is 39.1 Å². The van der Waals surface area contributed by atoms with E-state index < -0.39 is 0 Å². The lowest BCUT2D eigenvalue weighted by Crippen LogP contribution is -2.17. The number of carbonyl (C=O) groups is 1. The number of para-hydroxylation sites is 2. The Kier molecular flexibility index (Phi) is 8.70. The number of nitrogens with zero attached hydrogens (tertiary/aromatic N) is 3. The molecule has 0 aliphatic heterocycles. The second-order valence-corrected chi connectivity index (χ2v) is 6.44. The van der Waals surface area contributed by atoms with Crippen LogP contribution in [0, 0.1) is 0 Å². The summed E-state index contributed by atoms with van der Waals surface area (Å²) in [7, 11) is 0. The highest BCUT2D eigenvalue weighted by molar-refractivity contribution is 6.15. The van der Waals surface area contributed by atoms with Crippen molar-refractivity contribution in [2.24, 2.45) is 0 Å². The summed E-state index contributed by atoms with van der Waals surface area (Å²) in [5.41, 5.74) is 3.84. The molecule has 0 saturated heterocycles. The third kappa shape index (κ3) is 5.25. The Balaban J connectivity index is 0.000000630. The van der Waals surface area contributed by atoms with Crippen LogP contribution in [0.15, 0.2) is 79.5 Å². The number of rotatable bonds is 3. The molecule has 2 aromatic heterocycles. The van der Waals surface area contributed by atoms with Crippen molar-refractivity contribution in [3.63, 3.8) is 0 Å². The van der Waals surface area contributed by atoms with E-state index in [1.807, 2.05) is 89.2 Å². The monoisotopic (exact) mass is 414 g/mol. The minimum absolute atomic E-state index is 0.204. The van der Waals surface area contributed by atoms with E-state index in [-0.39, 0.29) is 5.91 Å². The molecule has 31 heavy (non-hydrogen) atoms. The van der Waals surface area contributed by atoms with Crippen molar-refractivity contribution in [1.29, 1.82) is 0 Å². The number of hydrogen-bond acceptors (Lipinski definition) is 3. The minimum atomic E-state index is -0.204. The summed E-state index contributed by atoms with van der Waals surface area (Å²) in [6.45, 7) is 13.1. The third-order valence-electron chi connectivity index (χ3n) is 4.45. The fourth-order valence-corrected chi connectivity index (χ4v) is 3.03. The van der Waals surface area contributed by atoms with Crippen molar-refractivity contribution in [1.82, 2.24) is 14.8 Å². The highest BCUT2D eigenvalue weighted by Gasteiger charge is 2.16. The average Bonchev–Trinajstić information content (AvgIpc) is 3.30. The van der Waals surface area contributed by atoms with Crippen molar-refractivity contribution < 1.29 is 4.79 Å². The highest BCUT2D eigenvalue weighted by Crippen LogP contribution is 2.31. The smallest absolute Gasteiger partial charge is 0.274 e. The maximum Gasteiger partial charge on any atom is 0.274 e. The van der Waals surface area contributed by atoms with Gasteiger partial charge in [0.05, 0.1) is 22.9 Å². The minimum Gasteiger partial charge on any atom is -0.319 e.